The van der Waals surface area contributed by atoms with E-state index in [1.165, 1.54) is 0 Å². The molecule has 0 heterocycles. The predicted octanol–water partition coefficient (Wildman–Crippen LogP) is -0.713. The molecule has 0 aromatic heterocycles. The van der Waals surface area contributed by atoms with Gasteiger partial charge in [0.15, 0.2) is 0 Å². The van der Waals surface area contributed by atoms with Crippen molar-refractivity contribution in [2.45, 2.75) is 6.18 Å². The summed E-state index contributed by atoms with van der Waals surface area (Å²) in [6, 6.07) is 0. The number of hydrogen-bond acceptors (Lipinski definition) is 1. The van der Waals surface area contributed by atoms with Crippen molar-refractivity contribution in [3.05, 3.63) is 0 Å². The zero-order valence-electron chi connectivity index (χ0n) is 4.99. The number of nitrogens with zero attached hydrogens (tertiary/aromatic N) is 1. The second kappa shape index (κ2) is 2.38. The number of alkyl halides is 3. The summed E-state index contributed by atoms with van der Waals surface area (Å²) in [5.41, 5.74) is 0. The van der Waals surface area contributed by atoms with Crippen molar-refractivity contribution in [1.29, 1.82) is 0 Å². The molecule has 9 heavy (non-hydrogen) atoms. The fraction of sp³-hybridized carbons (Fsp3) is 0.667. The Kier molecular flexibility index (Phi) is 2.24. The maximum absolute atomic E-state index is 11.3. The van der Waals surface area contributed by atoms with Crippen molar-refractivity contribution in [2.75, 3.05) is 7.05 Å². The zero-order valence-corrected chi connectivity index (χ0v) is 6.99. The largest absolute Gasteiger partial charge is 0.470 e. The molecule has 0 aliphatic heterocycles. The molecule has 0 aromatic rings. The minimum Gasteiger partial charge on any atom is -0.373 e. The highest BCUT2D eigenvalue weighted by Crippen LogP contribution is 2.15. The summed E-state index contributed by atoms with van der Waals surface area (Å²) < 4.78 is 34.6. The van der Waals surface area contributed by atoms with E-state index in [0.717, 1.165) is 7.05 Å². The highest BCUT2D eigenvalue weighted by molar-refractivity contribution is 6.14. The average Bonchev–Trinajstić information content (AvgIpc) is 1.62. The van der Waals surface area contributed by atoms with Gasteiger partial charge in [-0.1, -0.05) is 0 Å². The molecular weight excluding hydrogens is 151 g/mol. The molecule has 0 bridgehead atoms. The van der Waals surface area contributed by atoms with Crippen molar-refractivity contribution in [1.82, 2.24) is 4.57 Å². The standard InChI is InChI=1S/C3H6F3NOSi/c1-7(9)2(8)3(4,5)6/h1,9H3. The zero-order chi connectivity index (χ0) is 7.65. The first kappa shape index (κ1) is 8.48. The molecule has 0 rings (SSSR count). The molecule has 0 fully saturated rings. The van der Waals surface area contributed by atoms with Gasteiger partial charge in [-0.05, 0) is 7.05 Å². The number of halogens is 3. The van der Waals surface area contributed by atoms with E-state index in [9.17, 15) is 18.0 Å². The highest BCUT2D eigenvalue weighted by atomic mass is 28.2. The summed E-state index contributed by atoms with van der Waals surface area (Å²) in [4.78, 5) is 10.0. The molecule has 0 saturated carbocycles. The lowest BCUT2D eigenvalue weighted by Crippen LogP contribution is -2.36. The van der Waals surface area contributed by atoms with Crippen LogP contribution in [0.4, 0.5) is 13.2 Å². The summed E-state index contributed by atoms with van der Waals surface area (Å²) in [6.07, 6.45) is -4.70. The molecule has 2 nitrogen and oxygen atoms in total. The van der Waals surface area contributed by atoms with Gasteiger partial charge in [0.2, 0.25) is 0 Å². The van der Waals surface area contributed by atoms with Crippen molar-refractivity contribution in [3.63, 3.8) is 0 Å². The Morgan fingerprint density at radius 2 is 1.89 bits per heavy atom. The van der Waals surface area contributed by atoms with Crippen LogP contribution in [0.25, 0.3) is 0 Å². The maximum atomic E-state index is 11.3. The molecule has 0 aliphatic rings. The summed E-state index contributed by atoms with van der Waals surface area (Å²) in [5.74, 6) is -1.77. The van der Waals surface area contributed by atoms with Crippen LogP contribution in [0.3, 0.4) is 0 Å². The third-order valence-electron chi connectivity index (χ3n) is 0.649. The topological polar surface area (TPSA) is 20.3 Å². The van der Waals surface area contributed by atoms with Gasteiger partial charge in [0, 0.05) is 0 Å². The van der Waals surface area contributed by atoms with Crippen LogP contribution in [0.15, 0.2) is 0 Å². The van der Waals surface area contributed by atoms with Crippen LogP contribution in [0.5, 0.6) is 0 Å². The van der Waals surface area contributed by atoms with E-state index >= 15 is 0 Å². The third-order valence-corrected chi connectivity index (χ3v) is 1.05. The Hall–Kier alpha value is -0.523. The Morgan fingerprint density at radius 3 is 1.89 bits per heavy atom. The number of carbonyl (C=O) groups is 1. The number of carbonyl (C=O) groups excluding carboxylic acids is 1. The minimum atomic E-state index is -4.70. The Balaban J connectivity index is 4.06. The van der Waals surface area contributed by atoms with Crippen LogP contribution in [-0.2, 0) is 4.79 Å². The van der Waals surface area contributed by atoms with Gasteiger partial charge in [-0.2, -0.15) is 13.2 Å². The van der Waals surface area contributed by atoms with Crippen LogP contribution in [0.1, 0.15) is 0 Å². The predicted molar refractivity (Wildman–Crippen MR) is 28.8 cm³/mol. The molecule has 0 spiro atoms. The maximum Gasteiger partial charge on any atom is 0.470 e. The van der Waals surface area contributed by atoms with Gasteiger partial charge in [-0.25, -0.2) is 0 Å². The molecule has 0 aromatic carbocycles. The molecular formula is C3H6F3NOSi. The summed E-state index contributed by atoms with van der Waals surface area (Å²) in [5, 5.41) is 0. The van der Waals surface area contributed by atoms with E-state index in [0.29, 0.717) is 4.57 Å². The van der Waals surface area contributed by atoms with Crippen LogP contribution >= 0.6 is 0 Å². The number of hydrogen-bond donors (Lipinski definition) is 0. The van der Waals surface area contributed by atoms with E-state index in [1.54, 1.807) is 0 Å². The molecule has 0 saturated heterocycles. The van der Waals surface area contributed by atoms with Crippen molar-refractivity contribution in [3.8, 4) is 0 Å². The van der Waals surface area contributed by atoms with Crippen LogP contribution in [0.2, 0.25) is 0 Å². The first-order valence-electron chi connectivity index (χ1n) is 2.14. The first-order chi connectivity index (χ1) is 3.85. The number of amides is 1. The summed E-state index contributed by atoms with van der Waals surface area (Å²) in [7, 11) is 1.21. The highest BCUT2D eigenvalue weighted by Gasteiger charge is 2.39. The lowest BCUT2D eigenvalue weighted by atomic mass is 10.6. The lowest BCUT2D eigenvalue weighted by Gasteiger charge is -2.12. The van der Waals surface area contributed by atoms with E-state index in [2.05, 4.69) is 0 Å². The third kappa shape index (κ3) is 2.50. The van der Waals surface area contributed by atoms with Gasteiger partial charge in [0.1, 0.15) is 10.4 Å². The van der Waals surface area contributed by atoms with E-state index < -0.39 is 12.1 Å². The molecule has 6 heteroatoms. The molecule has 0 radical (unpaired) electrons. The second-order valence-electron chi connectivity index (χ2n) is 1.70. The smallest absolute Gasteiger partial charge is 0.373 e. The van der Waals surface area contributed by atoms with Crippen LogP contribution < -0.4 is 0 Å². The minimum absolute atomic E-state index is 0.0974. The summed E-state index contributed by atoms with van der Waals surface area (Å²) >= 11 is 0. The fourth-order valence-electron chi connectivity index (χ4n) is 0.254. The molecule has 0 atom stereocenters. The fourth-order valence-corrected chi connectivity index (χ4v) is 0.507. The van der Waals surface area contributed by atoms with Crippen molar-refractivity contribution in [2.24, 2.45) is 0 Å². The second-order valence-corrected chi connectivity index (χ2v) is 3.04. The Labute approximate surface area is 53.1 Å². The van der Waals surface area contributed by atoms with Gasteiger partial charge >= 0.3 is 12.1 Å². The Bertz CT molecular complexity index is 121. The van der Waals surface area contributed by atoms with Gasteiger partial charge in [-0.15, -0.1) is 0 Å². The molecule has 54 valence electrons. The molecule has 0 unspecified atom stereocenters. The monoisotopic (exact) mass is 157 g/mol. The molecule has 1 amide bonds. The average molecular weight is 157 g/mol. The van der Waals surface area contributed by atoms with Crippen LogP contribution in [0, 0.1) is 0 Å². The molecule has 0 aliphatic carbocycles. The van der Waals surface area contributed by atoms with Crippen LogP contribution in [-0.4, -0.2) is 34.1 Å². The first-order valence-corrected chi connectivity index (χ1v) is 3.03. The summed E-state index contributed by atoms with van der Waals surface area (Å²) in [6.45, 7) is 0. The van der Waals surface area contributed by atoms with Gasteiger partial charge in [-0.3, -0.25) is 4.79 Å². The van der Waals surface area contributed by atoms with E-state index in [1.807, 2.05) is 0 Å². The molecule has 0 N–H and O–H groups in total. The van der Waals surface area contributed by atoms with Gasteiger partial charge in [0.25, 0.3) is 0 Å². The Morgan fingerprint density at radius 1 is 1.56 bits per heavy atom. The van der Waals surface area contributed by atoms with E-state index in [-0.39, 0.29) is 10.4 Å². The SMILES string of the molecule is CN([SiH3])C(=O)C(F)(F)F. The van der Waals surface area contributed by atoms with Crippen molar-refractivity contribution < 1.29 is 18.0 Å². The quantitative estimate of drug-likeness (QED) is 0.425. The normalized spacial score (nSPS) is 11.6. The van der Waals surface area contributed by atoms with Crippen molar-refractivity contribution >= 4 is 16.3 Å². The van der Waals surface area contributed by atoms with Gasteiger partial charge < -0.3 is 4.57 Å². The van der Waals surface area contributed by atoms with Gasteiger partial charge in [0.05, 0.1) is 0 Å². The van der Waals surface area contributed by atoms with E-state index in [4.69, 9.17) is 0 Å². The number of rotatable bonds is 0. The lowest BCUT2D eigenvalue weighted by molar-refractivity contribution is -0.179.